The molecule has 1 aromatic carbocycles. The molecule has 1 rings (SSSR count). The van der Waals surface area contributed by atoms with Crippen molar-refractivity contribution in [2.75, 3.05) is 6.66 Å². The zero-order valence-electron chi connectivity index (χ0n) is 5.99. The normalized spacial score (nSPS) is 15.9. The largest absolute Gasteiger partial charge is 0.341 e. The third kappa shape index (κ3) is 2.44. The first kappa shape index (κ1) is 8.98. The molecule has 1 unspecified atom stereocenters. The molecular weight excluding hydrogens is 227 g/mol. The van der Waals surface area contributed by atoms with Gasteiger partial charge in [-0.3, -0.25) is 4.57 Å². The van der Waals surface area contributed by atoms with Gasteiger partial charge in [0.1, 0.15) is 0 Å². The summed E-state index contributed by atoms with van der Waals surface area (Å²) in [5, 5.41) is 0.479. The second-order valence-electron chi connectivity index (χ2n) is 2.36. The minimum Gasteiger partial charge on any atom is -0.341 e. The maximum Gasteiger partial charge on any atom is 0.226 e. The molecule has 1 atom stereocenters. The molecule has 0 aliphatic heterocycles. The Balaban J connectivity index is 3.17. The summed E-state index contributed by atoms with van der Waals surface area (Å²) in [5.41, 5.74) is 0. The van der Waals surface area contributed by atoms with Crippen LogP contribution in [0.1, 0.15) is 0 Å². The number of halogens is 1. The van der Waals surface area contributed by atoms with Gasteiger partial charge in [-0.25, -0.2) is 0 Å². The topological polar surface area (TPSA) is 37.3 Å². The molecule has 0 amide bonds. The number of rotatable bonds is 1. The van der Waals surface area contributed by atoms with Crippen molar-refractivity contribution in [1.82, 2.24) is 0 Å². The van der Waals surface area contributed by atoms with Crippen LogP contribution >= 0.6 is 23.3 Å². The Kier molecular flexibility index (Phi) is 2.53. The van der Waals surface area contributed by atoms with E-state index in [2.05, 4.69) is 15.9 Å². The zero-order chi connectivity index (χ0) is 8.48. The Hall–Kier alpha value is -0.110. The third-order valence-corrected chi connectivity index (χ3v) is 3.02. The smallest absolute Gasteiger partial charge is 0.226 e. The van der Waals surface area contributed by atoms with Gasteiger partial charge in [-0.05, 0) is 18.2 Å². The molecule has 0 aliphatic rings. The van der Waals surface area contributed by atoms with Crippen LogP contribution in [-0.2, 0) is 4.57 Å². The highest BCUT2D eigenvalue weighted by Gasteiger charge is 2.12. The minimum absolute atomic E-state index is 0.479. The molecule has 60 valence electrons. The van der Waals surface area contributed by atoms with Crippen LogP contribution in [0.3, 0.4) is 0 Å². The molecule has 1 aromatic rings. The van der Waals surface area contributed by atoms with E-state index in [0.717, 1.165) is 4.47 Å². The first-order valence-corrected chi connectivity index (χ1v) is 5.96. The van der Waals surface area contributed by atoms with Gasteiger partial charge in [-0.2, -0.15) is 0 Å². The number of hydrogen-bond acceptors (Lipinski definition) is 1. The van der Waals surface area contributed by atoms with Gasteiger partial charge in [0, 0.05) is 16.4 Å². The Morgan fingerprint density at radius 2 is 2.18 bits per heavy atom. The van der Waals surface area contributed by atoms with E-state index in [1.54, 1.807) is 18.2 Å². The van der Waals surface area contributed by atoms with E-state index in [1.807, 2.05) is 6.07 Å². The lowest BCUT2D eigenvalue weighted by molar-refractivity contribution is 0.496. The van der Waals surface area contributed by atoms with Crippen LogP contribution in [0.15, 0.2) is 28.7 Å². The fourth-order valence-corrected chi connectivity index (χ4v) is 2.05. The summed E-state index contributed by atoms with van der Waals surface area (Å²) in [6.45, 7) is 1.33. The van der Waals surface area contributed by atoms with Crippen LogP contribution in [0.4, 0.5) is 0 Å². The highest BCUT2D eigenvalue weighted by molar-refractivity contribution is 9.10. The molecule has 0 radical (unpaired) electrons. The minimum atomic E-state index is -3.08. The van der Waals surface area contributed by atoms with Crippen LogP contribution < -0.4 is 5.30 Å². The molecule has 1 N–H and O–H groups in total. The van der Waals surface area contributed by atoms with Crippen molar-refractivity contribution >= 4 is 28.6 Å². The van der Waals surface area contributed by atoms with Gasteiger partial charge in [0.25, 0.3) is 0 Å². The Morgan fingerprint density at radius 1 is 1.55 bits per heavy atom. The second-order valence-corrected chi connectivity index (χ2v) is 5.55. The van der Waals surface area contributed by atoms with E-state index in [4.69, 9.17) is 4.89 Å². The summed E-state index contributed by atoms with van der Waals surface area (Å²) in [5.74, 6) is 0. The molecule has 4 heteroatoms. The monoisotopic (exact) mass is 234 g/mol. The Bertz CT molecular complexity index is 305. The van der Waals surface area contributed by atoms with E-state index in [-0.39, 0.29) is 0 Å². The summed E-state index contributed by atoms with van der Waals surface area (Å²) < 4.78 is 11.9. The summed E-state index contributed by atoms with van der Waals surface area (Å²) in [7, 11) is -3.08. The van der Waals surface area contributed by atoms with Gasteiger partial charge in [0.15, 0.2) is 0 Å². The van der Waals surface area contributed by atoms with E-state index >= 15 is 0 Å². The summed E-state index contributed by atoms with van der Waals surface area (Å²) in [4.78, 5) is 9.15. The van der Waals surface area contributed by atoms with Gasteiger partial charge in [-0.1, -0.05) is 22.0 Å². The zero-order valence-corrected chi connectivity index (χ0v) is 8.47. The molecule has 0 fully saturated rings. The standard InChI is InChI=1S/C7H8BrO2P/c1-11(9,10)7-4-2-3-6(8)5-7/h2-5H,1H3,(H,9,10). The maximum atomic E-state index is 11.1. The molecule has 0 saturated heterocycles. The van der Waals surface area contributed by atoms with Crippen LogP contribution in [0.25, 0.3) is 0 Å². The molecule has 0 saturated carbocycles. The van der Waals surface area contributed by atoms with Crippen LogP contribution in [0.5, 0.6) is 0 Å². The summed E-state index contributed by atoms with van der Waals surface area (Å²) in [6.07, 6.45) is 0. The van der Waals surface area contributed by atoms with Crippen molar-refractivity contribution < 1.29 is 9.46 Å². The Labute approximate surface area is 73.8 Å². The Morgan fingerprint density at radius 3 is 2.55 bits per heavy atom. The molecular formula is C7H8BrO2P. The molecule has 0 spiro atoms. The van der Waals surface area contributed by atoms with Gasteiger partial charge < -0.3 is 4.89 Å². The lowest BCUT2D eigenvalue weighted by Gasteiger charge is -2.04. The molecule has 2 nitrogen and oxygen atoms in total. The van der Waals surface area contributed by atoms with Crippen molar-refractivity contribution in [3.63, 3.8) is 0 Å². The number of hydrogen-bond donors (Lipinski definition) is 1. The average Bonchev–Trinajstić information content (AvgIpc) is 1.86. The van der Waals surface area contributed by atoms with E-state index < -0.39 is 7.37 Å². The molecule has 0 bridgehead atoms. The van der Waals surface area contributed by atoms with Gasteiger partial charge in [0.2, 0.25) is 7.37 Å². The lowest BCUT2D eigenvalue weighted by atomic mass is 10.4. The fraction of sp³-hybridized carbons (Fsp3) is 0.143. The van der Waals surface area contributed by atoms with E-state index in [0.29, 0.717) is 5.30 Å². The highest BCUT2D eigenvalue weighted by atomic mass is 79.9. The third-order valence-electron chi connectivity index (χ3n) is 1.29. The summed E-state index contributed by atoms with van der Waals surface area (Å²) in [6, 6.07) is 6.86. The predicted molar refractivity (Wildman–Crippen MR) is 49.5 cm³/mol. The average molecular weight is 235 g/mol. The van der Waals surface area contributed by atoms with Crippen molar-refractivity contribution in [1.29, 1.82) is 0 Å². The van der Waals surface area contributed by atoms with Crippen molar-refractivity contribution in [2.45, 2.75) is 0 Å². The molecule has 0 aromatic heterocycles. The van der Waals surface area contributed by atoms with E-state index in [1.165, 1.54) is 6.66 Å². The maximum absolute atomic E-state index is 11.1. The van der Waals surface area contributed by atoms with Crippen molar-refractivity contribution in [3.05, 3.63) is 28.7 Å². The molecule has 11 heavy (non-hydrogen) atoms. The van der Waals surface area contributed by atoms with E-state index in [9.17, 15) is 4.57 Å². The predicted octanol–water partition coefficient (Wildman–Crippen LogP) is 1.97. The van der Waals surface area contributed by atoms with Crippen molar-refractivity contribution in [2.24, 2.45) is 0 Å². The quantitative estimate of drug-likeness (QED) is 0.755. The first-order chi connectivity index (χ1) is 5.00. The van der Waals surface area contributed by atoms with Gasteiger partial charge in [0.05, 0.1) is 0 Å². The van der Waals surface area contributed by atoms with Crippen molar-refractivity contribution in [3.8, 4) is 0 Å². The first-order valence-electron chi connectivity index (χ1n) is 3.06. The van der Waals surface area contributed by atoms with Gasteiger partial charge >= 0.3 is 0 Å². The fourth-order valence-electron chi connectivity index (χ4n) is 0.734. The second kappa shape index (κ2) is 3.10. The molecule has 0 heterocycles. The summed E-state index contributed by atoms with van der Waals surface area (Å²) >= 11 is 3.22. The van der Waals surface area contributed by atoms with Crippen LogP contribution in [0.2, 0.25) is 0 Å². The highest BCUT2D eigenvalue weighted by Crippen LogP contribution is 2.34. The van der Waals surface area contributed by atoms with Crippen LogP contribution in [-0.4, -0.2) is 11.6 Å². The van der Waals surface area contributed by atoms with Gasteiger partial charge in [-0.15, -0.1) is 0 Å². The van der Waals surface area contributed by atoms with Crippen LogP contribution in [0, 0.1) is 0 Å². The SMILES string of the molecule is CP(=O)(O)c1cccc(Br)c1. The number of benzene rings is 1. The lowest BCUT2D eigenvalue weighted by Crippen LogP contribution is -2.01. The molecule has 0 aliphatic carbocycles.